The third kappa shape index (κ3) is 2.62. The van der Waals surface area contributed by atoms with Crippen LogP contribution in [0, 0.1) is 0 Å². The summed E-state index contributed by atoms with van der Waals surface area (Å²) in [6.45, 7) is -0.610. The molecule has 1 aliphatic heterocycles. The second-order valence-electron chi connectivity index (χ2n) is 5.22. The van der Waals surface area contributed by atoms with Gasteiger partial charge in [0.1, 0.15) is 6.54 Å². The van der Waals surface area contributed by atoms with Gasteiger partial charge in [0.15, 0.2) is 0 Å². The van der Waals surface area contributed by atoms with Crippen molar-refractivity contribution >= 4 is 29.1 Å². The van der Waals surface area contributed by atoms with Crippen LogP contribution in [0.1, 0.15) is 20.7 Å². The zero-order chi connectivity index (χ0) is 18.3. The molecule has 1 aliphatic rings. The first-order valence-electron chi connectivity index (χ1n) is 7.35. The van der Waals surface area contributed by atoms with Gasteiger partial charge in [-0.1, -0.05) is 23.3 Å². The van der Waals surface area contributed by atoms with Crippen molar-refractivity contribution in [3.05, 3.63) is 63.5 Å². The summed E-state index contributed by atoms with van der Waals surface area (Å²) in [5, 5.41) is 6.06. The fourth-order valence-corrected chi connectivity index (χ4v) is 3.05. The number of amides is 2. The molecule has 0 atom stereocenters. The van der Waals surface area contributed by atoms with E-state index in [0.29, 0.717) is 9.94 Å². The molecule has 3 heterocycles. The molecule has 1 aromatic carbocycles. The maximum Gasteiger partial charge on any atom is 0.437 e. The smallest absolute Gasteiger partial charge is 0.387 e. The Morgan fingerprint density at radius 1 is 1.08 bits per heavy atom. The van der Waals surface area contributed by atoms with Gasteiger partial charge in [0.05, 0.1) is 16.0 Å². The van der Waals surface area contributed by atoms with Crippen LogP contribution in [-0.2, 0) is 16.2 Å². The monoisotopic (exact) mass is 371 g/mol. The quantitative estimate of drug-likeness (QED) is 0.636. The van der Waals surface area contributed by atoms with Crippen molar-refractivity contribution in [2.45, 2.75) is 6.54 Å². The van der Waals surface area contributed by atoms with Crippen LogP contribution in [0.4, 0.5) is 0 Å². The lowest BCUT2D eigenvalue weighted by molar-refractivity contribution is -0.169. The minimum absolute atomic E-state index is 0.0681. The Morgan fingerprint density at radius 3 is 2.38 bits per heavy atom. The van der Waals surface area contributed by atoms with Crippen molar-refractivity contribution in [1.29, 1.82) is 0 Å². The van der Waals surface area contributed by atoms with Gasteiger partial charge in [-0.3, -0.25) is 9.59 Å². The SMILES string of the molecule is O=C(Cn1nc(-c2cccs2)oc1=O)ON1C(=O)c2ccccc2C1=O. The normalized spacial score (nSPS) is 13.2. The van der Waals surface area contributed by atoms with Crippen molar-refractivity contribution < 1.29 is 23.6 Å². The molecule has 0 spiro atoms. The molecular formula is C16H9N3O6S. The van der Waals surface area contributed by atoms with Gasteiger partial charge in [0, 0.05) is 0 Å². The van der Waals surface area contributed by atoms with E-state index in [-0.39, 0.29) is 17.0 Å². The number of aromatic nitrogens is 2. The molecule has 0 N–H and O–H groups in total. The number of hydroxylamine groups is 2. The van der Waals surface area contributed by atoms with Gasteiger partial charge >= 0.3 is 11.7 Å². The Kier molecular flexibility index (Phi) is 3.73. The lowest BCUT2D eigenvalue weighted by Crippen LogP contribution is -2.35. The van der Waals surface area contributed by atoms with Gasteiger partial charge in [-0.15, -0.1) is 16.4 Å². The summed E-state index contributed by atoms with van der Waals surface area (Å²) in [6, 6.07) is 9.57. The maximum atomic E-state index is 12.1. The van der Waals surface area contributed by atoms with Crippen LogP contribution in [0.15, 0.2) is 51.0 Å². The number of imide groups is 1. The second kappa shape index (κ2) is 6.08. The number of nitrogens with zero attached hydrogens (tertiary/aromatic N) is 3. The van der Waals surface area contributed by atoms with E-state index in [9.17, 15) is 19.2 Å². The summed E-state index contributed by atoms with van der Waals surface area (Å²) in [6.07, 6.45) is 0. The van der Waals surface area contributed by atoms with Crippen LogP contribution < -0.4 is 5.76 Å². The third-order valence-corrected chi connectivity index (χ3v) is 4.42. The molecule has 26 heavy (non-hydrogen) atoms. The summed E-state index contributed by atoms with van der Waals surface area (Å²) < 4.78 is 5.73. The Bertz CT molecular complexity index is 1050. The zero-order valence-electron chi connectivity index (χ0n) is 12.9. The van der Waals surface area contributed by atoms with Crippen LogP contribution in [-0.4, -0.2) is 32.6 Å². The highest BCUT2D eigenvalue weighted by atomic mass is 32.1. The molecule has 10 heteroatoms. The molecule has 0 fully saturated rings. The number of rotatable bonds is 4. The van der Waals surface area contributed by atoms with Gasteiger partial charge in [0.2, 0.25) is 0 Å². The number of fused-ring (bicyclic) bond motifs is 1. The predicted octanol–water partition coefficient (Wildman–Crippen LogP) is 1.32. The number of hydrogen-bond acceptors (Lipinski definition) is 8. The van der Waals surface area contributed by atoms with E-state index in [1.54, 1.807) is 29.6 Å². The van der Waals surface area contributed by atoms with Crippen LogP contribution in [0.2, 0.25) is 0 Å². The first kappa shape index (κ1) is 16.0. The maximum absolute atomic E-state index is 12.1. The Balaban J connectivity index is 1.50. The average molecular weight is 371 g/mol. The van der Waals surface area contributed by atoms with E-state index in [4.69, 9.17) is 9.25 Å². The van der Waals surface area contributed by atoms with E-state index in [0.717, 1.165) is 4.68 Å². The predicted molar refractivity (Wildman–Crippen MR) is 87.1 cm³/mol. The summed E-state index contributed by atoms with van der Waals surface area (Å²) >= 11 is 1.31. The van der Waals surface area contributed by atoms with Gasteiger partial charge in [-0.2, -0.15) is 4.68 Å². The Hall–Kier alpha value is -3.53. The Labute approximate surface area is 149 Å². The van der Waals surface area contributed by atoms with E-state index >= 15 is 0 Å². The molecule has 0 bridgehead atoms. The number of thiophene rings is 1. The number of benzene rings is 1. The van der Waals surface area contributed by atoms with E-state index in [1.165, 1.54) is 23.5 Å². The molecule has 9 nitrogen and oxygen atoms in total. The van der Waals surface area contributed by atoms with Crippen LogP contribution in [0.25, 0.3) is 10.8 Å². The summed E-state index contributed by atoms with van der Waals surface area (Å²) in [7, 11) is 0. The molecule has 0 saturated heterocycles. The van der Waals surface area contributed by atoms with Gasteiger partial charge in [-0.05, 0) is 23.6 Å². The minimum Gasteiger partial charge on any atom is -0.387 e. The molecule has 2 amide bonds. The lowest BCUT2D eigenvalue weighted by Gasteiger charge is -2.12. The van der Waals surface area contributed by atoms with Crippen molar-refractivity contribution in [3.8, 4) is 10.8 Å². The highest BCUT2D eigenvalue weighted by Crippen LogP contribution is 2.23. The third-order valence-electron chi connectivity index (χ3n) is 3.57. The molecule has 4 rings (SSSR count). The first-order valence-corrected chi connectivity index (χ1v) is 8.23. The van der Waals surface area contributed by atoms with Crippen molar-refractivity contribution in [1.82, 2.24) is 14.8 Å². The fourth-order valence-electron chi connectivity index (χ4n) is 2.41. The molecule has 3 aromatic rings. The van der Waals surface area contributed by atoms with Gasteiger partial charge < -0.3 is 9.25 Å². The van der Waals surface area contributed by atoms with Crippen molar-refractivity contribution in [2.75, 3.05) is 0 Å². The number of carbonyl (C=O) groups excluding carboxylic acids is 3. The minimum atomic E-state index is -1.01. The summed E-state index contributed by atoms with van der Waals surface area (Å²) in [4.78, 5) is 53.6. The highest BCUT2D eigenvalue weighted by Gasteiger charge is 2.38. The summed E-state index contributed by atoms with van der Waals surface area (Å²) in [5.74, 6) is -3.28. The van der Waals surface area contributed by atoms with Crippen LogP contribution in [0.3, 0.4) is 0 Å². The molecule has 0 aliphatic carbocycles. The topological polar surface area (TPSA) is 112 Å². The first-order chi connectivity index (χ1) is 12.5. The lowest BCUT2D eigenvalue weighted by atomic mass is 10.1. The largest absolute Gasteiger partial charge is 0.437 e. The molecule has 0 radical (unpaired) electrons. The number of carbonyl (C=O) groups is 3. The second-order valence-corrected chi connectivity index (χ2v) is 6.17. The standard InChI is InChI=1S/C16H9N3O6S/c20-12(8-18-16(23)24-13(17-18)11-6-3-7-26-11)25-19-14(21)9-4-1-2-5-10(9)15(19)22/h1-7H,8H2. The highest BCUT2D eigenvalue weighted by molar-refractivity contribution is 7.13. The molecule has 0 saturated carbocycles. The van der Waals surface area contributed by atoms with Crippen LogP contribution >= 0.6 is 11.3 Å². The van der Waals surface area contributed by atoms with Crippen molar-refractivity contribution in [2.24, 2.45) is 0 Å². The average Bonchev–Trinajstić information content (AvgIpc) is 3.33. The zero-order valence-corrected chi connectivity index (χ0v) is 13.8. The van der Waals surface area contributed by atoms with E-state index in [2.05, 4.69) is 5.10 Å². The summed E-state index contributed by atoms with van der Waals surface area (Å²) in [5.41, 5.74) is 0.285. The Morgan fingerprint density at radius 2 is 1.77 bits per heavy atom. The molecule has 130 valence electrons. The molecule has 0 unspecified atom stereocenters. The fraction of sp³-hybridized carbons (Fsp3) is 0.0625. The molecular weight excluding hydrogens is 362 g/mol. The van der Waals surface area contributed by atoms with Gasteiger partial charge in [0.25, 0.3) is 17.7 Å². The van der Waals surface area contributed by atoms with E-state index < -0.39 is 30.1 Å². The van der Waals surface area contributed by atoms with Crippen LogP contribution in [0.5, 0.6) is 0 Å². The van der Waals surface area contributed by atoms with Gasteiger partial charge in [-0.25, -0.2) is 9.59 Å². The molecule has 2 aromatic heterocycles. The van der Waals surface area contributed by atoms with E-state index in [1.807, 2.05) is 0 Å². The number of hydrogen-bond donors (Lipinski definition) is 0. The van der Waals surface area contributed by atoms with Crippen molar-refractivity contribution in [3.63, 3.8) is 0 Å².